The van der Waals surface area contributed by atoms with Gasteiger partial charge in [-0.1, -0.05) is 26.7 Å². The zero-order chi connectivity index (χ0) is 12.3. The molecule has 3 N–H and O–H groups in total. The molecule has 0 saturated carbocycles. The van der Waals surface area contributed by atoms with E-state index in [1.807, 2.05) is 12.3 Å². The molecule has 17 heavy (non-hydrogen) atoms. The van der Waals surface area contributed by atoms with Gasteiger partial charge in [-0.15, -0.1) is 11.3 Å². The van der Waals surface area contributed by atoms with Crippen LogP contribution < -0.4 is 11.3 Å². The topological polar surface area (TPSA) is 50.9 Å². The average molecular weight is 249 g/mol. The lowest BCUT2D eigenvalue weighted by Gasteiger charge is -2.24. The monoisotopic (exact) mass is 249 g/mol. The highest BCUT2D eigenvalue weighted by molar-refractivity contribution is 7.17. The molecular formula is C13H19N3S. The van der Waals surface area contributed by atoms with E-state index in [9.17, 15) is 0 Å². The van der Waals surface area contributed by atoms with E-state index in [0.717, 1.165) is 18.4 Å². The summed E-state index contributed by atoms with van der Waals surface area (Å²) in [6.07, 6.45) is 4.18. The SMILES string of the molecule is CCC(CC)C(NN)c1cnc2ccsc2c1. The first-order valence-corrected chi connectivity index (χ1v) is 6.97. The van der Waals surface area contributed by atoms with Gasteiger partial charge in [0, 0.05) is 6.20 Å². The quantitative estimate of drug-likeness (QED) is 0.632. The molecule has 0 spiro atoms. The molecule has 0 aliphatic heterocycles. The lowest BCUT2D eigenvalue weighted by molar-refractivity contribution is 0.345. The van der Waals surface area contributed by atoms with Crippen molar-refractivity contribution in [1.82, 2.24) is 10.4 Å². The smallest absolute Gasteiger partial charge is 0.0809 e. The minimum Gasteiger partial charge on any atom is -0.271 e. The number of rotatable bonds is 5. The molecule has 1 atom stereocenters. The maximum absolute atomic E-state index is 5.70. The van der Waals surface area contributed by atoms with Crippen molar-refractivity contribution in [2.75, 3.05) is 0 Å². The first-order valence-electron chi connectivity index (χ1n) is 6.09. The molecule has 3 nitrogen and oxygen atoms in total. The highest BCUT2D eigenvalue weighted by Crippen LogP contribution is 2.29. The van der Waals surface area contributed by atoms with Gasteiger partial charge in [0.15, 0.2) is 0 Å². The van der Waals surface area contributed by atoms with Crippen LogP contribution in [0.1, 0.15) is 38.3 Å². The summed E-state index contributed by atoms with van der Waals surface area (Å²) in [6, 6.07) is 4.45. The summed E-state index contributed by atoms with van der Waals surface area (Å²) in [4.78, 5) is 4.48. The fourth-order valence-electron chi connectivity index (χ4n) is 2.30. The third-order valence-electron chi connectivity index (χ3n) is 3.38. The number of nitrogens with two attached hydrogens (primary N) is 1. The molecular weight excluding hydrogens is 230 g/mol. The molecule has 4 heteroatoms. The number of fused-ring (bicyclic) bond motifs is 1. The van der Waals surface area contributed by atoms with Gasteiger partial charge < -0.3 is 0 Å². The van der Waals surface area contributed by atoms with E-state index in [1.54, 1.807) is 11.3 Å². The fourth-order valence-corrected chi connectivity index (χ4v) is 3.09. The number of hydrogen-bond donors (Lipinski definition) is 2. The molecule has 0 aliphatic rings. The number of hydrazine groups is 1. The van der Waals surface area contributed by atoms with Crippen LogP contribution in [0.2, 0.25) is 0 Å². The van der Waals surface area contributed by atoms with E-state index in [1.165, 1.54) is 10.3 Å². The fraction of sp³-hybridized carbons (Fsp3) is 0.462. The Hall–Kier alpha value is -0.970. The van der Waals surface area contributed by atoms with Crippen molar-refractivity contribution in [2.45, 2.75) is 32.7 Å². The third-order valence-corrected chi connectivity index (χ3v) is 4.24. The standard InChI is InChI=1S/C13H19N3S/c1-3-9(4-2)13(16-14)10-7-12-11(15-8-10)5-6-17-12/h5-9,13,16H,3-4,14H2,1-2H3. The van der Waals surface area contributed by atoms with E-state index in [2.05, 4.69) is 35.7 Å². The normalized spacial score (nSPS) is 13.4. The number of hydrogen-bond acceptors (Lipinski definition) is 4. The molecule has 1 unspecified atom stereocenters. The van der Waals surface area contributed by atoms with Crippen LogP contribution in [-0.4, -0.2) is 4.98 Å². The van der Waals surface area contributed by atoms with Crippen LogP contribution in [0.15, 0.2) is 23.7 Å². The van der Waals surface area contributed by atoms with Gasteiger partial charge >= 0.3 is 0 Å². The molecule has 0 radical (unpaired) electrons. The van der Waals surface area contributed by atoms with Gasteiger partial charge in [-0.2, -0.15) is 0 Å². The second-order valence-corrected chi connectivity index (χ2v) is 5.24. The number of nitrogens with one attached hydrogen (secondary N) is 1. The van der Waals surface area contributed by atoms with Crippen molar-refractivity contribution >= 4 is 21.6 Å². The Morgan fingerprint density at radius 3 is 2.82 bits per heavy atom. The largest absolute Gasteiger partial charge is 0.271 e. The summed E-state index contributed by atoms with van der Waals surface area (Å²) in [5.74, 6) is 6.26. The molecule has 0 fully saturated rings. The van der Waals surface area contributed by atoms with Crippen LogP contribution in [0, 0.1) is 5.92 Å². The maximum atomic E-state index is 5.70. The second kappa shape index (κ2) is 5.58. The van der Waals surface area contributed by atoms with E-state index < -0.39 is 0 Å². The van der Waals surface area contributed by atoms with E-state index in [4.69, 9.17) is 5.84 Å². The van der Waals surface area contributed by atoms with Crippen molar-refractivity contribution in [3.05, 3.63) is 29.3 Å². The highest BCUT2D eigenvalue weighted by Gasteiger charge is 2.19. The Morgan fingerprint density at radius 1 is 1.41 bits per heavy atom. The Kier molecular flexibility index (Phi) is 4.10. The Morgan fingerprint density at radius 2 is 2.18 bits per heavy atom. The average Bonchev–Trinajstić information content (AvgIpc) is 2.82. The van der Waals surface area contributed by atoms with Crippen molar-refractivity contribution in [3.63, 3.8) is 0 Å². The van der Waals surface area contributed by atoms with Crippen molar-refractivity contribution in [3.8, 4) is 0 Å². The predicted octanol–water partition coefficient (Wildman–Crippen LogP) is 3.24. The number of aromatic nitrogens is 1. The van der Waals surface area contributed by atoms with Crippen LogP contribution in [-0.2, 0) is 0 Å². The van der Waals surface area contributed by atoms with E-state index in [0.29, 0.717) is 5.92 Å². The maximum Gasteiger partial charge on any atom is 0.0809 e. The summed E-state index contributed by atoms with van der Waals surface area (Å²) < 4.78 is 1.23. The van der Waals surface area contributed by atoms with Gasteiger partial charge in [-0.05, 0) is 29.0 Å². The van der Waals surface area contributed by atoms with E-state index >= 15 is 0 Å². The molecule has 2 aromatic rings. The summed E-state index contributed by atoms with van der Waals surface area (Å²) in [6.45, 7) is 4.41. The lowest BCUT2D eigenvalue weighted by Crippen LogP contribution is -2.33. The molecule has 0 aromatic carbocycles. The number of pyridine rings is 1. The summed E-state index contributed by atoms with van der Waals surface area (Å²) in [5, 5.41) is 2.07. The Balaban J connectivity index is 2.34. The zero-order valence-electron chi connectivity index (χ0n) is 10.3. The van der Waals surface area contributed by atoms with Gasteiger partial charge in [0.25, 0.3) is 0 Å². The van der Waals surface area contributed by atoms with Gasteiger partial charge in [-0.25, -0.2) is 0 Å². The predicted molar refractivity (Wildman–Crippen MR) is 73.8 cm³/mol. The van der Waals surface area contributed by atoms with Crippen LogP contribution in [0.3, 0.4) is 0 Å². The minimum atomic E-state index is 0.198. The van der Waals surface area contributed by atoms with Crippen molar-refractivity contribution < 1.29 is 0 Å². The molecule has 0 aliphatic carbocycles. The number of nitrogens with zero attached hydrogens (tertiary/aromatic N) is 1. The first kappa shape index (κ1) is 12.5. The highest BCUT2D eigenvalue weighted by atomic mass is 32.1. The first-order chi connectivity index (χ1) is 8.30. The Bertz CT molecular complexity index is 476. The molecule has 0 amide bonds. The van der Waals surface area contributed by atoms with Crippen molar-refractivity contribution in [1.29, 1.82) is 0 Å². The molecule has 0 saturated heterocycles. The number of thiophene rings is 1. The Labute approximate surface area is 106 Å². The van der Waals surface area contributed by atoms with Crippen LogP contribution in [0.4, 0.5) is 0 Å². The molecule has 0 bridgehead atoms. The molecule has 2 rings (SSSR count). The van der Waals surface area contributed by atoms with Crippen LogP contribution >= 0.6 is 11.3 Å². The summed E-state index contributed by atoms with van der Waals surface area (Å²) in [5.41, 5.74) is 5.20. The van der Waals surface area contributed by atoms with Crippen LogP contribution in [0.25, 0.3) is 10.2 Å². The summed E-state index contributed by atoms with van der Waals surface area (Å²) >= 11 is 1.73. The third kappa shape index (κ3) is 2.49. The molecule has 92 valence electrons. The lowest BCUT2D eigenvalue weighted by atomic mass is 9.90. The van der Waals surface area contributed by atoms with Gasteiger partial charge in [-0.3, -0.25) is 16.3 Å². The van der Waals surface area contributed by atoms with Gasteiger partial charge in [0.05, 0.1) is 16.3 Å². The second-order valence-electron chi connectivity index (χ2n) is 4.29. The van der Waals surface area contributed by atoms with Crippen LogP contribution in [0.5, 0.6) is 0 Å². The minimum absolute atomic E-state index is 0.198. The molecule has 2 heterocycles. The summed E-state index contributed by atoms with van der Waals surface area (Å²) in [7, 11) is 0. The molecule has 2 aromatic heterocycles. The van der Waals surface area contributed by atoms with Gasteiger partial charge in [0.1, 0.15) is 0 Å². The van der Waals surface area contributed by atoms with Gasteiger partial charge in [0.2, 0.25) is 0 Å². The van der Waals surface area contributed by atoms with Crippen molar-refractivity contribution in [2.24, 2.45) is 11.8 Å². The zero-order valence-corrected chi connectivity index (χ0v) is 11.1. The van der Waals surface area contributed by atoms with E-state index in [-0.39, 0.29) is 6.04 Å².